The number of methoxy groups -OCH3 is 2. The van der Waals surface area contributed by atoms with Crippen molar-refractivity contribution < 1.29 is 14.3 Å². The van der Waals surface area contributed by atoms with E-state index in [4.69, 9.17) is 14.5 Å². The smallest absolute Gasteiger partial charge is 0.182 e. The molecule has 2 aromatic carbocycles. The Labute approximate surface area is 183 Å². The van der Waals surface area contributed by atoms with Gasteiger partial charge in [0, 0.05) is 24.2 Å². The monoisotopic (exact) mass is 460 g/mol. The van der Waals surface area contributed by atoms with Crippen LogP contribution in [0.25, 0.3) is 0 Å². The lowest BCUT2D eigenvalue weighted by Crippen LogP contribution is -2.36. The van der Waals surface area contributed by atoms with Crippen LogP contribution in [0.4, 0.5) is 5.69 Å². The molecule has 2 aromatic rings. The van der Waals surface area contributed by atoms with Crippen molar-refractivity contribution in [3.8, 4) is 11.5 Å². The SMILES string of the molecule is Br.COc1ccc(C(=O)CN(C2=NCCCCC2)c2cccc(C)c2)cc1OC. The van der Waals surface area contributed by atoms with Crippen molar-refractivity contribution in [2.75, 3.05) is 32.2 Å². The van der Waals surface area contributed by atoms with Crippen molar-refractivity contribution in [2.24, 2.45) is 4.99 Å². The number of hydrogen-bond acceptors (Lipinski definition) is 5. The van der Waals surface area contributed by atoms with Crippen LogP contribution in [0.15, 0.2) is 47.5 Å². The molecule has 0 saturated carbocycles. The lowest BCUT2D eigenvalue weighted by Gasteiger charge is -2.26. The number of halogens is 1. The Morgan fingerprint density at radius 2 is 1.83 bits per heavy atom. The quantitative estimate of drug-likeness (QED) is 0.552. The summed E-state index contributed by atoms with van der Waals surface area (Å²) in [6.45, 7) is 3.13. The first kappa shape index (κ1) is 22.9. The highest BCUT2D eigenvalue weighted by Crippen LogP contribution is 2.28. The number of rotatable bonds is 6. The second-order valence-electron chi connectivity index (χ2n) is 7.03. The fourth-order valence-corrected chi connectivity index (χ4v) is 3.45. The number of anilines is 1. The number of ketones is 1. The van der Waals surface area contributed by atoms with Gasteiger partial charge in [0.1, 0.15) is 5.84 Å². The third-order valence-electron chi connectivity index (χ3n) is 4.98. The standard InChI is InChI=1S/C23H28N2O3.BrH/c1-17-8-7-9-19(14-17)25(23-10-5-4-6-13-24-23)16-20(26)18-11-12-21(27-2)22(15-18)28-3;/h7-9,11-12,14-15H,4-6,10,13,16H2,1-3H3;1H. The van der Waals surface area contributed by atoms with Crippen LogP contribution in [0.5, 0.6) is 11.5 Å². The number of hydrogen-bond donors (Lipinski definition) is 0. The van der Waals surface area contributed by atoms with Crippen molar-refractivity contribution in [1.29, 1.82) is 0 Å². The second kappa shape index (κ2) is 11.0. The molecule has 0 aromatic heterocycles. The molecule has 3 rings (SSSR count). The van der Waals surface area contributed by atoms with Crippen LogP contribution in [0.2, 0.25) is 0 Å². The molecule has 156 valence electrons. The molecule has 5 nitrogen and oxygen atoms in total. The van der Waals surface area contributed by atoms with Gasteiger partial charge in [0.05, 0.1) is 20.8 Å². The number of aliphatic imine (C=N–C) groups is 1. The first-order valence-corrected chi connectivity index (χ1v) is 9.75. The zero-order valence-electron chi connectivity index (χ0n) is 17.3. The molecule has 0 amide bonds. The predicted octanol–water partition coefficient (Wildman–Crippen LogP) is 5.25. The van der Waals surface area contributed by atoms with Gasteiger partial charge in [-0.25, -0.2) is 0 Å². The fourth-order valence-electron chi connectivity index (χ4n) is 3.45. The molecule has 0 aliphatic carbocycles. The molecule has 1 aliphatic heterocycles. The second-order valence-corrected chi connectivity index (χ2v) is 7.03. The van der Waals surface area contributed by atoms with Gasteiger partial charge in [-0.2, -0.15) is 0 Å². The minimum atomic E-state index is 0. The van der Waals surface area contributed by atoms with Crippen molar-refractivity contribution in [2.45, 2.75) is 32.6 Å². The summed E-state index contributed by atoms with van der Waals surface area (Å²) in [6.07, 6.45) is 4.28. The number of nitrogens with zero attached hydrogens (tertiary/aromatic N) is 2. The molecule has 6 heteroatoms. The van der Waals surface area contributed by atoms with Crippen molar-refractivity contribution in [1.82, 2.24) is 0 Å². The molecular formula is C23H29BrN2O3. The summed E-state index contributed by atoms with van der Waals surface area (Å²) in [5.74, 6) is 2.19. The fraction of sp³-hybridized carbons (Fsp3) is 0.391. The molecule has 1 heterocycles. The molecule has 0 unspecified atom stereocenters. The molecule has 0 radical (unpaired) electrons. The summed E-state index contributed by atoms with van der Waals surface area (Å²) in [5, 5.41) is 0. The van der Waals surface area contributed by atoms with Crippen LogP contribution in [0.3, 0.4) is 0 Å². The summed E-state index contributed by atoms with van der Waals surface area (Å²) in [6, 6.07) is 13.5. The number of ether oxygens (including phenoxy) is 2. The van der Waals surface area contributed by atoms with Gasteiger partial charge < -0.3 is 14.4 Å². The lowest BCUT2D eigenvalue weighted by atomic mass is 10.1. The minimum absolute atomic E-state index is 0. The highest BCUT2D eigenvalue weighted by atomic mass is 79.9. The first-order valence-electron chi connectivity index (χ1n) is 9.75. The topological polar surface area (TPSA) is 51.1 Å². The van der Waals surface area contributed by atoms with Crippen LogP contribution in [-0.4, -0.2) is 38.9 Å². The van der Waals surface area contributed by atoms with Crippen LogP contribution in [0, 0.1) is 6.92 Å². The van der Waals surface area contributed by atoms with Crippen molar-refractivity contribution in [3.05, 3.63) is 53.6 Å². The van der Waals surface area contributed by atoms with Gasteiger partial charge in [-0.1, -0.05) is 18.6 Å². The Hall–Kier alpha value is -2.34. The number of aryl methyl sites for hydroxylation is 1. The number of benzene rings is 2. The molecule has 0 fully saturated rings. The summed E-state index contributed by atoms with van der Waals surface area (Å²) in [5.41, 5.74) is 2.77. The van der Waals surface area contributed by atoms with Crippen LogP contribution < -0.4 is 14.4 Å². The van der Waals surface area contributed by atoms with Crippen molar-refractivity contribution in [3.63, 3.8) is 0 Å². The lowest BCUT2D eigenvalue weighted by molar-refractivity contribution is 0.100. The maximum absolute atomic E-state index is 13.1. The van der Waals surface area contributed by atoms with Gasteiger partial charge in [0.2, 0.25) is 0 Å². The molecule has 0 saturated heterocycles. The van der Waals surface area contributed by atoms with Gasteiger partial charge in [0.15, 0.2) is 17.3 Å². The summed E-state index contributed by atoms with van der Waals surface area (Å²) >= 11 is 0. The first-order chi connectivity index (χ1) is 13.6. The number of carbonyl (C=O) groups is 1. The van der Waals surface area contributed by atoms with Crippen LogP contribution in [-0.2, 0) is 0 Å². The van der Waals surface area contributed by atoms with E-state index in [-0.39, 0.29) is 29.3 Å². The molecule has 0 N–H and O–H groups in total. The normalized spacial score (nSPS) is 13.6. The van der Waals surface area contributed by atoms with E-state index in [0.29, 0.717) is 17.1 Å². The molecule has 1 aliphatic rings. The molecule has 29 heavy (non-hydrogen) atoms. The van der Waals surface area contributed by atoms with Gasteiger partial charge >= 0.3 is 0 Å². The molecule has 0 atom stereocenters. The number of carbonyl (C=O) groups excluding carboxylic acids is 1. The minimum Gasteiger partial charge on any atom is -0.493 e. The highest BCUT2D eigenvalue weighted by Gasteiger charge is 2.20. The Morgan fingerprint density at radius 3 is 2.55 bits per heavy atom. The zero-order chi connectivity index (χ0) is 19.9. The predicted molar refractivity (Wildman–Crippen MR) is 123 cm³/mol. The number of amidine groups is 1. The van der Waals surface area contributed by atoms with E-state index in [0.717, 1.165) is 42.9 Å². The van der Waals surface area contributed by atoms with E-state index in [1.54, 1.807) is 32.4 Å². The maximum Gasteiger partial charge on any atom is 0.182 e. The van der Waals surface area contributed by atoms with Gasteiger partial charge in [-0.05, 0) is 55.7 Å². The van der Waals surface area contributed by atoms with Gasteiger partial charge in [0.25, 0.3) is 0 Å². The van der Waals surface area contributed by atoms with Crippen LogP contribution in [0.1, 0.15) is 41.6 Å². The molecular weight excluding hydrogens is 432 g/mol. The highest BCUT2D eigenvalue weighted by molar-refractivity contribution is 8.93. The maximum atomic E-state index is 13.1. The van der Waals surface area contributed by atoms with E-state index in [1.165, 1.54) is 6.42 Å². The third kappa shape index (κ3) is 5.82. The van der Waals surface area contributed by atoms with E-state index in [1.807, 2.05) is 12.1 Å². The van der Waals surface area contributed by atoms with E-state index in [9.17, 15) is 4.79 Å². The van der Waals surface area contributed by atoms with Crippen LogP contribution >= 0.6 is 17.0 Å². The Balaban J connectivity index is 0.00000300. The van der Waals surface area contributed by atoms with E-state index in [2.05, 4.69) is 24.0 Å². The summed E-state index contributed by atoms with van der Waals surface area (Å²) in [4.78, 5) is 20.0. The molecule has 0 bridgehead atoms. The van der Waals surface area contributed by atoms with E-state index >= 15 is 0 Å². The summed E-state index contributed by atoms with van der Waals surface area (Å²) in [7, 11) is 3.16. The molecule has 0 spiro atoms. The number of Topliss-reactive ketones (excluding diaryl/α,β-unsaturated/α-hetero) is 1. The average Bonchev–Trinajstić information content (AvgIpc) is 3.00. The Kier molecular flexibility index (Phi) is 8.70. The Morgan fingerprint density at radius 1 is 1.03 bits per heavy atom. The Bertz CT molecular complexity index is 867. The van der Waals surface area contributed by atoms with E-state index < -0.39 is 0 Å². The average molecular weight is 461 g/mol. The largest absolute Gasteiger partial charge is 0.493 e. The summed E-state index contributed by atoms with van der Waals surface area (Å²) < 4.78 is 10.6. The van der Waals surface area contributed by atoms with Crippen molar-refractivity contribution >= 4 is 34.3 Å². The van der Waals surface area contributed by atoms with Gasteiger partial charge in [-0.15, -0.1) is 17.0 Å². The third-order valence-corrected chi connectivity index (χ3v) is 4.98. The zero-order valence-corrected chi connectivity index (χ0v) is 19.0. The van der Waals surface area contributed by atoms with Gasteiger partial charge in [-0.3, -0.25) is 9.79 Å².